The van der Waals surface area contributed by atoms with E-state index in [1.165, 1.54) is 6.42 Å². The standard InChI is InChI=1S/C13H21FN4/c1-9(2)10-4-3-6-18(7-5-10)12-11(14)8-16-13(15)17-12/h8-10H,3-7H2,1-2H3,(H2,15,16,17). The lowest BCUT2D eigenvalue weighted by Crippen LogP contribution is -2.27. The predicted octanol–water partition coefficient (Wildman–Crippen LogP) is 2.46. The van der Waals surface area contributed by atoms with E-state index in [2.05, 4.69) is 23.8 Å². The zero-order valence-corrected chi connectivity index (χ0v) is 11.1. The van der Waals surface area contributed by atoms with Gasteiger partial charge in [0.05, 0.1) is 6.20 Å². The number of rotatable bonds is 2. The fourth-order valence-corrected chi connectivity index (χ4v) is 2.59. The van der Waals surface area contributed by atoms with Crippen LogP contribution in [0, 0.1) is 17.7 Å². The molecule has 1 atom stereocenters. The topological polar surface area (TPSA) is 55.0 Å². The van der Waals surface area contributed by atoms with Crippen LogP contribution in [0.2, 0.25) is 0 Å². The molecule has 1 aliphatic heterocycles. The predicted molar refractivity (Wildman–Crippen MR) is 70.8 cm³/mol. The number of nitrogens with two attached hydrogens (primary N) is 1. The largest absolute Gasteiger partial charge is 0.368 e. The molecule has 1 saturated heterocycles. The normalized spacial score (nSPS) is 21.1. The highest BCUT2D eigenvalue weighted by Gasteiger charge is 2.22. The van der Waals surface area contributed by atoms with Crippen LogP contribution in [0.25, 0.3) is 0 Å². The summed E-state index contributed by atoms with van der Waals surface area (Å²) < 4.78 is 13.7. The molecule has 1 fully saturated rings. The lowest BCUT2D eigenvalue weighted by atomic mass is 9.89. The Labute approximate surface area is 107 Å². The molecule has 1 aromatic rings. The van der Waals surface area contributed by atoms with Gasteiger partial charge < -0.3 is 10.6 Å². The van der Waals surface area contributed by atoms with E-state index in [9.17, 15) is 4.39 Å². The van der Waals surface area contributed by atoms with E-state index in [4.69, 9.17) is 5.73 Å². The maximum atomic E-state index is 13.7. The summed E-state index contributed by atoms with van der Waals surface area (Å²) in [6.07, 6.45) is 4.52. The van der Waals surface area contributed by atoms with Crippen molar-refractivity contribution in [3.63, 3.8) is 0 Å². The summed E-state index contributed by atoms with van der Waals surface area (Å²) >= 11 is 0. The first-order chi connectivity index (χ1) is 8.58. The lowest BCUT2D eigenvalue weighted by Gasteiger charge is -2.22. The molecule has 5 heteroatoms. The van der Waals surface area contributed by atoms with Gasteiger partial charge in [0.15, 0.2) is 11.6 Å². The Morgan fingerprint density at radius 2 is 2.17 bits per heavy atom. The van der Waals surface area contributed by atoms with Crippen LogP contribution in [0.1, 0.15) is 33.1 Å². The van der Waals surface area contributed by atoms with E-state index in [1.54, 1.807) is 0 Å². The van der Waals surface area contributed by atoms with Crippen molar-refractivity contribution in [2.75, 3.05) is 23.7 Å². The molecule has 2 rings (SSSR count). The van der Waals surface area contributed by atoms with Gasteiger partial charge in [-0.3, -0.25) is 0 Å². The Bertz CT molecular complexity index is 408. The number of aromatic nitrogens is 2. The summed E-state index contributed by atoms with van der Waals surface area (Å²) in [6.45, 7) is 6.19. The smallest absolute Gasteiger partial charge is 0.222 e. The number of hydrogen-bond donors (Lipinski definition) is 1. The number of hydrogen-bond acceptors (Lipinski definition) is 4. The molecule has 0 saturated carbocycles. The fraction of sp³-hybridized carbons (Fsp3) is 0.692. The minimum absolute atomic E-state index is 0.135. The minimum Gasteiger partial charge on any atom is -0.368 e. The van der Waals surface area contributed by atoms with Crippen LogP contribution in [-0.2, 0) is 0 Å². The van der Waals surface area contributed by atoms with Gasteiger partial charge in [-0.25, -0.2) is 9.37 Å². The monoisotopic (exact) mass is 252 g/mol. The first-order valence-corrected chi connectivity index (χ1v) is 6.61. The number of halogens is 1. The van der Waals surface area contributed by atoms with Crippen LogP contribution >= 0.6 is 0 Å². The van der Waals surface area contributed by atoms with Gasteiger partial charge in [-0.1, -0.05) is 13.8 Å². The molecule has 0 spiro atoms. The van der Waals surface area contributed by atoms with Crippen molar-refractivity contribution in [2.45, 2.75) is 33.1 Å². The molecule has 0 amide bonds. The number of anilines is 2. The van der Waals surface area contributed by atoms with Gasteiger partial charge in [-0.15, -0.1) is 0 Å². The van der Waals surface area contributed by atoms with Gasteiger partial charge in [0.2, 0.25) is 5.95 Å². The van der Waals surface area contributed by atoms with Gasteiger partial charge in [0, 0.05) is 13.1 Å². The molecule has 1 unspecified atom stereocenters. The molecule has 0 radical (unpaired) electrons. The van der Waals surface area contributed by atoms with Crippen molar-refractivity contribution in [3.05, 3.63) is 12.0 Å². The second-order valence-corrected chi connectivity index (χ2v) is 5.32. The number of nitrogen functional groups attached to an aromatic ring is 1. The summed E-state index contributed by atoms with van der Waals surface area (Å²) in [5, 5.41) is 0. The summed E-state index contributed by atoms with van der Waals surface area (Å²) in [4.78, 5) is 9.69. The zero-order valence-electron chi connectivity index (χ0n) is 11.1. The van der Waals surface area contributed by atoms with E-state index in [0.717, 1.165) is 38.0 Å². The lowest BCUT2D eigenvalue weighted by molar-refractivity contribution is 0.351. The molecule has 18 heavy (non-hydrogen) atoms. The van der Waals surface area contributed by atoms with Crippen LogP contribution in [0.3, 0.4) is 0 Å². The molecule has 2 heterocycles. The molecule has 4 nitrogen and oxygen atoms in total. The third-order valence-corrected chi connectivity index (χ3v) is 3.76. The summed E-state index contributed by atoms with van der Waals surface area (Å²) in [5.74, 6) is 1.51. The van der Waals surface area contributed by atoms with Crippen molar-refractivity contribution in [1.29, 1.82) is 0 Å². The number of nitrogens with zero attached hydrogens (tertiary/aromatic N) is 3. The van der Waals surface area contributed by atoms with Gasteiger partial charge in [-0.05, 0) is 31.1 Å². The first-order valence-electron chi connectivity index (χ1n) is 6.61. The molecule has 1 aliphatic rings. The summed E-state index contributed by atoms with van der Waals surface area (Å²) in [7, 11) is 0. The van der Waals surface area contributed by atoms with E-state index in [1.807, 2.05) is 4.90 Å². The van der Waals surface area contributed by atoms with E-state index in [-0.39, 0.29) is 11.8 Å². The Balaban J connectivity index is 2.12. The zero-order chi connectivity index (χ0) is 13.1. The van der Waals surface area contributed by atoms with Gasteiger partial charge in [-0.2, -0.15) is 4.98 Å². The van der Waals surface area contributed by atoms with Crippen LogP contribution in [0.15, 0.2) is 6.20 Å². The highest BCUT2D eigenvalue weighted by molar-refractivity contribution is 5.42. The quantitative estimate of drug-likeness (QED) is 0.878. The van der Waals surface area contributed by atoms with Crippen LogP contribution in [0.4, 0.5) is 16.2 Å². The van der Waals surface area contributed by atoms with Crippen molar-refractivity contribution in [2.24, 2.45) is 11.8 Å². The third-order valence-electron chi connectivity index (χ3n) is 3.76. The molecule has 0 bridgehead atoms. The van der Waals surface area contributed by atoms with Gasteiger partial charge in [0.1, 0.15) is 0 Å². The summed E-state index contributed by atoms with van der Waals surface area (Å²) in [5.41, 5.74) is 5.53. The second kappa shape index (κ2) is 5.50. The third kappa shape index (κ3) is 2.89. The van der Waals surface area contributed by atoms with Crippen molar-refractivity contribution >= 4 is 11.8 Å². The van der Waals surface area contributed by atoms with Gasteiger partial charge >= 0.3 is 0 Å². The molecule has 1 aromatic heterocycles. The van der Waals surface area contributed by atoms with Crippen LogP contribution < -0.4 is 10.6 Å². The second-order valence-electron chi connectivity index (χ2n) is 5.32. The first kappa shape index (κ1) is 13.1. The molecule has 100 valence electrons. The van der Waals surface area contributed by atoms with E-state index >= 15 is 0 Å². The van der Waals surface area contributed by atoms with E-state index < -0.39 is 0 Å². The maximum Gasteiger partial charge on any atom is 0.222 e. The Kier molecular flexibility index (Phi) is 3.99. The summed E-state index contributed by atoms with van der Waals surface area (Å²) in [6, 6.07) is 0. The highest BCUT2D eigenvalue weighted by Crippen LogP contribution is 2.27. The molecule has 2 N–H and O–H groups in total. The maximum absolute atomic E-state index is 13.7. The highest BCUT2D eigenvalue weighted by atomic mass is 19.1. The molecular weight excluding hydrogens is 231 g/mol. The van der Waals surface area contributed by atoms with E-state index in [0.29, 0.717) is 11.7 Å². The average Bonchev–Trinajstić information content (AvgIpc) is 2.58. The molecular formula is C13H21FN4. The van der Waals surface area contributed by atoms with Crippen LogP contribution in [-0.4, -0.2) is 23.1 Å². The Hall–Kier alpha value is -1.39. The van der Waals surface area contributed by atoms with Crippen molar-refractivity contribution in [1.82, 2.24) is 9.97 Å². The van der Waals surface area contributed by atoms with Gasteiger partial charge in [0.25, 0.3) is 0 Å². The van der Waals surface area contributed by atoms with Crippen LogP contribution in [0.5, 0.6) is 0 Å². The average molecular weight is 252 g/mol. The minimum atomic E-state index is -0.382. The fourth-order valence-electron chi connectivity index (χ4n) is 2.59. The Morgan fingerprint density at radius 1 is 1.39 bits per heavy atom. The molecule has 0 aromatic carbocycles. The SMILES string of the molecule is CC(C)C1CCCN(c2nc(N)ncc2F)CC1. The Morgan fingerprint density at radius 3 is 2.89 bits per heavy atom. The molecule has 0 aliphatic carbocycles. The van der Waals surface area contributed by atoms with Crippen molar-refractivity contribution in [3.8, 4) is 0 Å². The van der Waals surface area contributed by atoms with Crippen molar-refractivity contribution < 1.29 is 4.39 Å².